The van der Waals surface area contributed by atoms with Gasteiger partial charge in [0.05, 0.1) is 17.4 Å². The van der Waals surface area contributed by atoms with Crippen LogP contribution in [0.5, 0.6) is 0 Å². The zero-order chi connectivity index (χ0) is 15.5. The number of thiocarbonyl (C=S) groups is 1. The highest BCUT2D eigenvalue weighted by atomic mass is 32.2. The molecule has 0 saturated carbocycles. The number of benzene rings is 1. The van der Waals surface area contributed by atoms with Crippen molar-refractivity contribution in [2.45, 2.75) is 6.42 Å². The minimum atomic E-state index is -3.10. The van der Waals surface area contributed by atoms with E-state index in [1.165, 1.54) is 24.3 Å². The molecule has 1 heterocycles. The van der Waals surface area contributed by atoms with Crippen LogP contribution in [0.3, 0.4) is 0 Å². The van der Waals surface area contributed by atoms with Crippen molar-refractivity contribution >= 4 is 38.8 Å². The van der Waals surface area contributed by atoms with Crippen molar-refractivity contribution in [3.63, 3.8) is 0 Å². The maximum absolute atomic E-state index is 12.7. The third-order valence-corrected chi connectivity index (χ3v) is 4.98. The van der Waals surface area contributed by atoms with Gasteiger partial charge in [-0.05, 0) is 42.9 Å². The van der Waals surface area contributed by atoms with Crippen LogP contribution < -0.4 is 16.2 Å². The van der Waals surface area contributed by atoms with Crippen molar-refractivity contribution in [1.82, 2.24) is 10.9 Å². The van der Waals surface area contributed by atoms with Crippen LogP contribution in [0.2, 0.25) is 0 Å². The molecular weight excluding hydrogens is 317 g/mol. The molecule has 0 aromatic heterocycles. The average Bonchev–Trinajstić information content (AvgIpc) is 2.79. The van der Waals surface area contributed by atoms with E-state index in [2.05, 4.69) is 16.2 Å². The third kappa shape index (κ3) is 4.64. The van der Waals surface area contributed by atoms with Crippen LogP contribution in [0.15, 0.2) is 24.3 Å². The fraction of sp³-hybridized carbons (Fsp3) is 0.333. The van der Waals surface area contributed by atoms with E-state index in [-0.39, 0.29) is 22.4 Å². The molecule has 1 atom stereocenters. The Labute approximate surface area is 127 Å². The molecule has 0 bridgehead atoms. The summed E-state index contributed by atoms with van der Waals surface area (Å²) in [6.07, 6.45) is 0.313. The van der Waals surface area contributed by atoms with Gasteiger partial charge in [-0.2, -0.15) is 0 Å². The molecule has 1 aliphatic rings. The van der Waals surface area contributed by atoms with Crippen LogP contribution in [-0.4, -0.2) is 30.9 Å². The van der Waals surface area contributed by atoms with Crippen molar-refractivity contribution < 1.29 is 17.6 Å². The van der Waals surface area contributed by atoms with Crippen LogP contribution in [0.1, 0.15) is 6.42 Å². The highest BCUT2D eigenvalue weighted by Crippen LogP contribution is 2.18. The molecule has 1 aromatic carbocycles. The Hall–Kier alpha value is -1.74. The Morgan fingerprint density at radius 1 is 1.24 bits per heavy atom. The highest BCUT2D eigenvalue weighted by molar-refractivity contribution is 7.91. The quantitative estimate of drug-likeness (QED) is 0.543. The Balaban J connectivity index is 1.79. The lowest BCUT2D eigenvalue weighted by molar-refractivity contribution is -0.124. The van der Waals surface area contributed by atoms with E-state index in [0.717, 1.165) is 0 Å². The van der Waals surface area contributed by atoms with E-state index >= 15 is 0 Å². The lowest BCUT2D eigenvalue weighted by atomic mass is 10.1. The van der Waals surface area contributed by atoms with E-state index < -0.39 is 21.7 Å². The number of amides is 1. The summed E-state index contributed by atoms with van der Waals surface area (Å²) in [6.45, 7) is 0. The molecule has 0 unspecified atom stereocenters. The number of carbonyl (C=O) groups is 1. The third-order valence-electron chi connectivity index (χ3n) is 3.00. The molecule has 1 aromatic rings. The minimum absolute atomic E-state index is 0.0311. The molecule has 0 radical (unpaired) electrons. The second-order valence-electron chi connectivity index (χ2n) is 4.68. The van der Waals surface area contributed by atoms with Gasteiger partial charge in [0.2, 0.25) is 5.91 Å². The minimum Gasteiger partial charge on any atom is -0.331 e. The number of anilines is 1. The van der Waals surface area contributed by atoms with Gasteiger partial charge in [-0.3, -0.25) is 15.6 Å². The van der Waals surface area contributed by atoms with Gasteiger partial charge in [-0.25, -0.2) is 12.8 Å². The molecular formula is C12H14FN3O3S2. The number of nitrogens with one attached hydrogen (secondary N) is 3. The first-order chi connectivity index (χ1) is 9.85. The van der Waals surface area contributed by atoms with Gasteiger partial charge < -0.3 is 5.32 Å². The van der Waals surface area contributed by atoms with Crippen LogP contribution >= 0.6 is 12.2 Å². The van der Waals surface area contributed by atoms with Gasteiger partial charge in [0.15, 0.2) is 14.9 Å². The Bertz CT molecular complexity index is 646. The molecule has 0 aliphatic carbocycles. The first-order valence-corrected chi connectivity index (χ1v) is 8.41. The van der Waals surface area contributed by atoms with Crippen molar-refractivity contribution in [2.75, 3.05) is 16.8 Å². The van der Waals surface area contributed by atoms with E-state index in [0.29, 0.717) is 12.1 Å². The van der Waals surface area contributed by atoms with Crippen LogP contribution in [0, 0.1) is 11.7 Å². The van der Waals surface area contributed by atoms with Gasteiger partial charge in [-0.15, -0.1) is 0 Å². The Morgan fingerprint density at radius 3 is 2.48 bits per heavy atom. The molecule has 3 N–H and O–H groups in total. The first kappa shape index (κ1) is 15.6. The summed E-state index contributed by atoms with van der Waals surface area (Å²) in [5, 5.41) is 2.87. The fourth-order valence-corrected chi connectivity index (χ4v) is 3.83. The monoisotopic (exact) mass is 331 g/mol. The number of hydrogen-bond donors (Lipinski definition) is 3. The van der Waals surface area contributed by atoms with E-state index in [1.807, 2.05) is 0 Å². The van der Waals surface area contributed by atoms with E-state index in [1.54, 1.807) is 0 Å². The number of sulfone groups is 1. The molecule has 114 valence electrons. The predicted molar refractivity (Wildman–Crippen MR) is 80.7 cm³/mol. The number of hydrazine groups is 1. The van der Waals surface area contributed by atoms with Crippen molar-refractivity contribution in [1.29, 1.82) is 0 Å². The van der Waals surface area contributed by atoms with Gasteiger partial charge in [0.25, 0.3) is 0 Å². The normalized spacial score (nSPS) is 19.8. The molecule has 1 aliphatic heterocycles. The molecule has 0 spiro atoms. The Kier molecular flexibility index (Phi) is 4.73. The van der Waals surface area contributed by atoms with E-state index in [9.17, 15) is 17.6 Å². The second-order valence-corrected chi connectivity index (χ2v) is 7.31. The summed E-state index contributed by atoms with van der Waals surface area (Å²) in [5.41, 5.74) is 5.41. The van der Waals surface area contributed by atoms with Gasteiger partial charge >= 0.3 is 0 Å². The van der Waals surface area contributed by atoms with Gasteiger partial charge in [0, 0.05) is 5.69 Å². The topological polar surface area (TPSA) is 87.3 Å². The summed E-state index contributed by atoms with van der Waals surface area (Å²) in [7, 11) is -3.10. The second kappa shape index (κ2) is 6.35. The zero-order valence-electron chi connectivity index (χ0n) is 10.9. The summed E-state index contributed by atoms with van der Waals surface area (Å²) >= 11 is 4.96. The molecule has 1 saturated heterocycles. The van der Waals surface area contributed by atoms with Gasteiger partial charge in [0.1, 0.15) is 5.82 Å². The number of carbonyl (C=O) groups excluding carboxylic acids is 1. The molecule has 9 heteroatoms. The fourth-order valence-electron chi connectivity index (χ4n) is 1.92. The van der Waals surface area contributed by atoms with Crippen LogP contribution in [0.25, 0.3) is 0 Å². The molecule has 6 nitrogen and oxygen atoms in total. The predicted octanol–water partition coefficient (Wildman–Crippen LogP) is 0.578. The van der Waals surface area contributed by atoms with Gasteiger partial charge in [-0.1, -0.05) is 0 Å². The van der Waals surface area contributed by atoms with Crippen molar-refractivity contribution in [3.05, 3.63) is 30.1 Å². The van der Waals surface area contributed by atoms with Crippen molar-refractivity contribution in [3.8, 4) is 0 Å². The number of rotatable bonds is 2. The maximum atomic E-state index is 12.7. The summed E-state index contributed by atoms with van der Waals surface area (Å²) in [4.78, 5) is 11.8. The highest BCUT2D eigenvalue weighted by Gasteiger charge is 2.32. The molecule has 1 fully saturated rings. The Morgan fingerprint density at radius 2 is 1.90 bits per heavy atom. The van der Waals surface area contributed by atoms with Crippen LogP contribution in [-0.2, 0) is 14.6 Å². The summed E-state index contributed by atoms with van der Waals surface area (Å²) < 4.78 is 35.3. The first-order valence-electron chi connectivity index (χ1n) is 6.18. The summed E-state index contributed by atoms with van der Waals surface area (Å²) in [6, 6.07) is 5.53. The maximum Gasteiger partial charge on any atom is 0.242 e. The zero-order valence-corrected chi connectivity index (χ0v) is 12.6. The summed E-state index contributed by atoms with van der Waals surface area (Å²) in [5.74, 6) is -1.45. The molecule has 1 amide bonds. The lowest BCUT2D eigenvalue weighted by Crippen LogP contribution is -2.46. The standard InChI is InChI=1S/C12H14FN3O3S2/c13-9-1-3-10(4-2-9)14-12(20)16-15-11(17)8-5-6-21(18,19)7-8/h1-4,8H,5-7H2,(H,15,17)(H2,14,16,20)/t8-/m0/s1. The molecule has 21 heavy (non-hydrogen) atoms. The molecule has 2 rings (SSSR count). The average molecular weight is 331 g/mol. The smallest absolute Gasteiger partial charge is 0.242 e. The number of halogens is 1. The largest absolute Gasteiger partial charge is 0.331 e. The SMILES string of the molecule is O=C(NNC(=S)Nc1ccc(F)cc1)[C@H]1CCS(=O)(=O)C1. The van der Waals surface area contributed by atoms with Crippen molar-refractivity contribution in [2.24, 2.45) is 5.92 Å². The van der Waals surface area contributed by atoms with Crippen LogP contribution in [0.4, 0.5) is 10.1 Å². The number of hydrogen-bond acceptors (Lipinski definition) is 4. The lowest BCUT2D eigenvalue weighted by Gasteiger charge is -2.13. The van der Waals surface area contributed by atoms with E-state index in [4.69, 9.17) is 12.2 Å².